The number of nitro groups is 1. The predicted octanol–water partition coefficient (Wildman–Crippen LogP) is 4.67. The number of carbonyl (C=O) groups is 2. The van der Waals surface area contributed by atoms with Gasteiger partial charge in [0.15, 0.2) is 5.11 Å². The Balaban J connectivity index is 1.22. The van der Waals surface area contributed by atoms with E-state index in [1.165, 1.54) is 6.07 Å². The Bertz CT molecular complexity index is 1440. The molecule has 0 saturated carbocycles. The maximum Gasteiger partial charge on any atom is 0.293 e. The van der Waals surface area contributed by atoms with Gasteiger partial charge < -0.3 is 20.0 Å². The molecule has 3 aromatic rings. The summed E-state index contributed by atoms with van der Waals surface area (Å²) in [5.74, 6) is -0.508. The van der Waals surface area contributed by atoms with Gasteiger partial charge in [0, 0.05) is 56.5 Å². The van der Waals surface area contributed by atoms with Gasteiger partial charge in [-0.3, -0.25) is 25.0 Å². The van der Waals surface area contributed by atoms with Crippen LogP contribution in [-0.4, -0.2) is 66.0 Å². The highest BCUT2D eigenvalue weighted by molar-refractivity contribution is 7.80. The minimum atomic E-state index is -0.527. The monoisotopic (exact) mass is 572 g/mol. The van der Waals surface area contributed by atoms with Crippen LogP contribution in [0.25, 0.3) is 0 Å². The lowest BCUT2D eigenvalue weighted by atomic mass is 10.1. The van der Waals surface area contributed by atoms with Gasteiger partial charge in [-0.25, -0.2) is 0 Å². The van der Waals surface area contributed by atoms with Gasteiger partial charge >= 0.3 is 0 Å². The zero-order valence-electron chi connectivity index (χ0n) is 22.6. The summed E-state index contributed by atoms with van der Waals surface area (Å²) in [6, 6.07) is 21.4. The van der Waals surface area contributed by atoms with Gasteiger partial charge in [0.1, 0.15) is 5.69 Å². The highest BCUT2D eigenvalue weighted by atomic mass is 32.1. The molecule has 0 aromatic heterocycles. The summed E-state index contributed by atoms with van der Waals surface area (Å²) in [4.78, 5) is 43.2. The first-order chi connectivity index (χ1) is 19.9. The van der Waals surface area contributed by atoms with Crippen molar-refractivity contribution in [2.45, 2.75) is 19.3 Å². The van der Waals surface area contributed by atoms with E-state index in [1.807, 2.05) is 64.4 Å². The Hall–Kier alpha value is -4.51. The quantitative estimate of drug-likeness (QED) is 0.249. The number of benzene rings is 3. The van der Waals surface area contributed by atoms with Gasteiger partial charge in [0.2, 0.25) is 0 Å². The lowest BCUT2D eigenvalue weighted by molar-refractivity contribution is -0.384. The summed E-state index contributed by atoms with van der Waals surface area (Å²) in [5.41, 5.74) is 2.90. The number of amides is 2. The second-order valence-electron chi connectivity index (χ2n) is 10.1. The summed E-state index contributed by atoms with van der Waals surface area (Å²) in [6.45, 7) is 3.97. The number of thiocarbonyl (C=S) groups is 1. The topological polar surface area (TPSA) is 111 Å². The van der Waals surface area contributed by atoms with Crippen molar-refractivity contribution < 1.29 is 14.5 Å². The molecule has 41 heavy (non-hydrogen) atoms. The zero-order chi connectivity index (χ0) is 28.8. The number of rotatable bonds is 6. The smallest absolute Gasteiger partial charge is 0.293 e. The van der Waals surface area contributed by atoms with Crippen molar-refractivity contribution in [2.24, 2.45) is 0 Å². The van der Waals surface area contributed by atoms with Crippen LogP contribution in [-0.2, 0) is 0 Å². The number of anilines is 3. The lowest BCUT2D eigenvalue weighted by Gasteiger charge is -2.37. The van der Waals surface area contributed by atoms with Gasteiger partial charge in [0.25, 0.3) is 17.5 Å². The van der Waals surface area contributed by atoms with Crippen molar-refractivity contribution in [1.29, 1.82) is 0 Å². The first-order valence-corrected chi connectivity index (χ1v) is 14.2. The molecular weight excluding hydrogens is 540 g/mol. The van der Waals surface area contributed by atoms with Gasteiger partial charge in [-0.2, -0.15) is 0 Å². The van der Waals surface area contributed by atoms with Crippen molar-refractivity contribution in [3.63, 3.8) is 0 Å². The van der Waals surface area contributed by atoms with Crippen molar-refractivity contribution >= 4 is 51.9 Å². The number of carbonyl (C=O) groups excluding carboxylic acids is 2. The third-order valence-corrected chi connectivity index (χ3v) is 7.64. The molecule has 212 valence electrons. The number of para-hydroxylation sites is 2. The highest BCUT2D eigenvalue weighted by Crippen LogP contribution is 2.31. The fraction of sp³-hybridized carbons (Fsp3) is 0.300. The van der Waals surface area contributed by atoms with Crippen LogP contribution in [0.1, 0.15) is 40.0 Å². The molecular formula is C30H32N6O4S. The predicted molar refractivity (Wildman–Crippen MR) is 164 cm³/mol. The highest BCUT2D eigenvalue weighted by Gasteiger charge is 2.25. The van der Waals surface area contributed by atoms with E-state index in [4.69, 9.17) is 12.2 Å². The minimum Gasteiger partial charge on any atom is -0.366 e. The average molecular weight is 573 g/mol. The van der Waals surface area contributed by atoms with Gasteiger partial charge in [-0.05, 0) is 67.9 Å². The van der Waals surface area contributed by atoms with Crippen LogP contribution in [0.4, 0.5) is 22.7 Å². The molecule has 2 N–H and O–H groups in total. The molecule has 3 aromatic carbocycles. The zero-order valence-corrected chi connectivity index (χ0v) is 23.4. The summed E-state index contributed by atoms with van der Waals surface area (Å²) in [6.07, 6.45) is 3.09. The summed E-state index contributed by atoms with van der Waals surface area (Å²) >= 11 is 5.44. The van der Waals surface area contributed by atoms with Crippen molar-refractivity contribution in [3.05, 3.63) is 94.0 Å². The van der Waals surface area contributed by atoms with E-state index in [0.29, 0.717) is 43.1 Å². The van der Waals surface area contributed by atoms with Gasteiger partial charge in [-0.1, -0.05) is 30.3 Å². The van der Waals surface area contributed by atoms with Crippen molar-refractivity contribution in [1.82, 2.24) is 10.2 Å². The number of nitrogens with zero attached hydrogens (tertiary/aromatic N) is 4. The second-order valence-corrected chi connectivity index (χ2v) is 10.5. The largest absolute Gasteiger partial charge is 0.366 e. The summed E-state index contributed by atoms with van der Waals surface area (Å²) in [7, 11) is 0. The molecule has 11 heteroatoms. The maximum atomic E-state index is 13.0. The average Bonchev–Trinajstić information content (AvgIpc) is 3.01. The van der Waals surface area contributed by atoms with Crippen LogP contribution < -0.4 is 20.4 Å². The second kappa shape index (κ2) is 12.8. The van der Waals surface area contributed by atoms with E-state index in [2.05, 4.69) is 15.5 Å². The molecule has 2 amide bonds. The normalized spacial score (nSPS) is 15.3. The first kappa shape index (κ1) is 28.0. The minimum absolute atomic E-state index is 0.0183. The number of piperazine rings is 1. The first-order valence-electron chi connectivity index (χ1n) is 13.7. The van der Waals surface area contributed by atoms with Crippen LogP contribution in [0.5, 0.6) is 0 Å². The van der Waals surface area contributed by atoms with Gasteiger partial charge in [0.05, 0.1) is 16.3 Å². The van der Waals surface area contributed by atoms with Crippen LogP contribution >= 0.6 is 12.2 Å². The Morgan fingerprint density at radius 2 is 1.41 bits per heavy atom. The molecule has 0 bridgehead atoms. The van der Waals surface area contributed by atoms with E-state index in [9.17, 15) is 19.7 Å². The molecule has 2 saturated heterocycles. The van der Waals surface area contributed by atoms with E-state index in [-0.39, 0.29) is 22.3 Å². The van der Waals surface area contributed by atoms with E-state index in [1.54, 1.807) is 12.1 Å². The summed E-state index contributed by atoms with van der Waals surface area (Å²) in [5, 5.41) is 17.6. The SMILES string of the molecule is O=C(NC(=S)Nc1ccccc1N1CCN(C(=O)c2ccccc2)CC1)c1ccc(N2CCCCC2)c([N+](=O)[O-])c1. The Kier molecular flexibility index (Phi) is 8.73. The number of nitrogens with one attached hydrogen (secondary N) is 2. The van der Waals surface area contributed by atoms with Crippen molar-refractivity contribution in [3.8, 4) is 0 Å². The Labute approximate surface area is 244 Å². The van der Waals surface area contributed by atoms with E-state index < -0.39 is 10.8 Å². The standard InChI is InChI=1S/C30H32N6O4S/c37-28(23-13-14-26(27(21-23)36(39)40)33-15-7-2-8-16-33)32-30(41)31-24-11-5-6-12-25(24)34-17-19-35(20-18-34)29(38)22-9-3-1-4-10-22/h1,3-6,9-14,21H,2,7-8,15-20H2,(H2,31,32,37,41). The molecule has 2 aliphatic heterocycles. The van der Waals surface area contributed by atoms with E-state index in [0.717, 1.165) is 38.0 Å². The summed E-state index contributed by atoms with van der Waals surface area (Å²) < 4.78 is 0. The third kappa shape index (κ3) is 6.63. The van der Waals surface area contributed by atoms with Crippen LogP contribution in [0.2, 0.25) is 0 Å². The van der Waals surface area contributed by atoms with Crippen LogP contribution in [0.3, 0.4) is 0 Å². The number of nitro benzene ring substituents is 1. The van der Waals surface area contributed by atoms with Crippen LogP contribution in [0, 0.1) is 10.1 Å². The van der Waals surface area contributed by atoms with Crippen molar-refractivity contribution in [2.75, 3.05) is 54.4 Å². The third-order valence-electron chi connectivity index (χ3n) is 7.44. The number of hydrogen-bond donors (Lipinski definition) is 2. The fourth-order valence-electron chi connectivity index (χ4n) is 5.31. The molecule has 2 heterocycles. The Morgan fingerprint density at radius 1 is 0.756 bits per heavy atom. The molecule has 5 rings (SSSR count). The molecule has 0 spiro atoms. The van der Waals surface area contributed by atoms with Gasteiger partial charge in [-0.15, -0.1) is 0 Å². The molecule has 10 nitrogen and oxygen atoms in total. The molecule has 0 aliphatic carbocycles. The molecule has 2 aliphatic rings. The number of piperidine rings is 1. The Morgan fingerprint density at radius 3 is 2.12 bits per heavy atom. The maximum absolute atomic E-state index is 13.0. The van der Waals surface area contributed by atoms with E-state index >= 15 is 0 Å². The van der Waals surface area contributed by atoms with Crippen LogP contribution in [0.15, 0.2) is 72.8 Å². The molecule has 0 atom stereocenters. The lowest BCUT2D eigenvalue weighted by Crippen LogP contribution is -2.49. The number of hydrogen-bond acceptors (Lipinski definition) is 7. The molecule has 2 fully saturated rings. The fourth-order valence-corrected chi connectivity index (χ4v) is 5.51. The molecule has 0 unspecified atom stereocenters. The molecule has 0 radical (unpaired) electrons.